The van der Waals surface area contributed by atoms with E-state index in [1.165, 1.54) is 29.7 Å². The van der Waals surface area contributed by atoms with Gasteiger partial charge >= 0.3 is 0 Å². The largest absolute Gasteiger partial charge is 0.225 e. The predicted octanol–water partition coefficient (Wildman–Crippen LogP) is 3.22. The molecule has 0 fully saturated rings. The SMILES string of the molecule is Clc1ncnc2sc3c(c12)CCCC3. The summed E-state index contributed by atoms with van der Waals surface area (Å²) in [4.78, 5) is 10.8. The van der Waals surface area contributed by atoms with Crippen LogP contribution in [0.5, 0.6) is 0 Å². The highest BCUT2D eigenvalue weighted by molar-refractivity contribution is 7.19. The van der Waals surface area contributed by atoms with Crippen LogP contribution in [-0.2, 0) is 12.8 Å². The van der Waals surface area contributed by atoms with Crippen LogP contribution in [0, 0.1) is 0 Å². The Labute approximate surface area is 90.9 Å². The summed E-state index contributed by atoms with van der Waals surface area (Å²) in [6, 6.07) is 0. The molecule has 0 amide bonds. The van der Waals surface area contributed by atoms with E-state index in [4.69, 9.17) is 11.6 Å². The summed E-state index contributed by atoms with van der Waals surface area (Å²) in [5.41, 5.74) is 1.40. The Bertz CT molecular complexity index is 492. The lowest BCUT2D eigenvalue weighted by Gasteiger charge is -2.10. The number of hydrogen-bond donors (Lipinski definition) is 0. The summed E-state index contributed by atoms with van der Waals surface area (Å²) in [5.74, 6) is 0. The monoisotopic (exact) mass is 224 g/mol. The topological polar surface area (TPSA) is 25.8 Å². The van der Waals surface area contributed by atoms with E-state index >= 15 is 0 Å². The molecule has 2 heterocycles. The molecular weight excluding hydrogens is 216 g/mol. The zero-order valence-electron chi connectivity index (χ0n) is 7.59. The number of thiophene rings is 1. The number of fused-ring (bicyclic) bond motifs is 3. The number of aryl methyl sites for hydroxylation is 2. The van der Waals surface area contributed by atoms with Gasteiger partial charge in [0.2, 0.25) is 0 Å². The van der Waals surface area contributed by atoms with Gasteiger partial charge in [-0.1, -0.05) is 11.6 Å². The molecule has 0 spiro atoms. The molecule has 0 bridgehead atoms. The maximum atomic E-state index is 6.09. The normalized spacial score (nSPS) is 15.8. The Balaban J connectivity index is 2.38. The minimum Gasteiger partial charge on any atom is -0.225 e. The molecule has 72 valence electrons. The molecule has 2 nitrogen and oxygen atoms in total. The highest BCUT2D eigenvalue weighted by atomic mass is 35.5. The van der Waals surface area contributed by atoms with Crippen LogP contribution in [0.1, 0.15) is 23.3 Å². The van der Waals surface area contributed by atoms with Crippen molar-refractivity contribution in [2.24, 2.45) is 0 Å². The van der Waals surface area contributed by atoms with Gasteiger partial charge in [0.15, 0.2) is 0 Å². The van der Waals surface area contributed by atoms with Crippen LogP contribution in [0.15, 0.2) is 6.33 Å². The average molecular weight is 225 g/mol. The molecule has 1 aliphatic rings. The van der Waals surface area contributed by atoms with Crippen molar-refractivity contribution in [3.63, 3.8) is 0 Å². The number of hydrogen-bond acceptors (Lipinski definition) is 3. The zero-order chi connectivity index (χ0) is 9.54. The molecule has 0 unspecified atom stereocenters. The lowest BCUT2D eigenvalue weighted by molar-refractivity contribution is 0.700. The Morgan fingerprint density at radius 1 is 1.21 bits per heavy atom. The van der Waals surface area contributed by atoms with Crippen LogP contribution in [0.3, 0.4) is 0 Å². The minimum atomic E-state index is 0.620. The van der Waals surface area contributed by atoms with Crippen molar-refractivity contribution in [3.05, 3.63) is 21.9 Å². The third-order valence-electron chi connectivity index (χ3n) is 2.71. The maximum Gasteiger partial charge on any atom is 0.141 e. The molecule has 0 N–H and O–H groups in total. The first kappa shape index (κ1) is 8.62. The predicted molar refractivity (Wildman–Crippen MR) is 59.1 cm³/mol. The molecule has 0 saturated carbocycles. The van der Waals surface area contributed by atoms with Crippen molar-refractivity contribution in [2.45, 2.75) is 25.7 Å². The van der Waals surface area contributed by atoms with Crippen molar-refractivity contribution in [1.82, 2.24) is 9.97 Å². The summed E-state index contributed by atoms with van der Waals surface area (Å²) in [6.45, 7) is 0. The second-order valence-electron chi connectivity index (χ2n) is 3.56. The Kier molecular flexibility index (Phi) is 1.96. The number of aromatic nitrogens is 2. The quantitative estimate of drug-likeness (QED) is 0.643. The first-order valence-corrected chi connectivity index (χ1v) is 5.96. The zero-order valence-corrected chi connectivity index (χ0v) is 9.16. The van der Waals surface area contributed by atoms with Crippen molar-refractivity contribution in [3.8, 4) is 0 Å². The minimum absolute atomic E-state index is 0.620. The van der Waals surface area contributed by atoms with Crippen LogP contribution >= 0.6 is 22.9 Å². The van der Waals surface area contributed by atoms with E-state index in [0.29, 0.717) is 5.15 Å². The second-order valence-corrected chi connectivity index (χ2v) is 5.00. The summed E-state index contributed by atoms with van der Waals surface area (Å²) < 4.78 is 0. The number of nitrogens with zero attached hydrogens (tertiary/aromatic N) is 2. The van der Waals surface area contributed by atoms with Crippen LogP contribution in [0.25, 0.3) is 10.2 Å². The molecule has 2 aromatic heterocycles. The van der Waals surface area contributed by atoms with Crippen molar-refractivity contribution in [2.75, 3.05) is 0 Å². The second kappa shape index (κ2) is 3.17. The highest BCUT2D eigenvalue weighted by Crippen LogP contribution is 2.37. The van der Waals surface area contributed by atoms with Gasteiger partial charge < -0.3 is 0 Å². The first-order valence-electron chi connectivity index (χ1n) is 4.77. The van der Waals surface area contributed by atoms with Crippen molar-refractivity contribution in [1.29, 1.82) is 0 Å². The Morgan fingerprint density at radius 3 is 3.00 bits per heavy atom. The van der Waals surface area contributed by atoms with E-state index in [9.17, 15) is 0 Å². The molecule has 2 aromatic rings. The Hall–Kier alpha value is -0.670. The molecule has 1 aliphatic carbocycles. The smallest absolute Gasteiger partial charge is 0.141 e. The van der Waals surface area contributed by atoms with E-state index in [1.807, 2.05) is 0 Å². The summed E-state index contributed by atoms with van der Waals surface area (Å²) in [6.07, 6.45) is 6.44. The van der Waals surface area contributed by atoms with E-state index in [0.717, 1.165) is 16.6 Å². The third-order valence-corrected chi connectivity index (χ3v) is 4.19. The van der Waals surface area contributed by atoms with Gasteiger partial charge in [0.25, 0.3) is 0 Å². The molecule has 4 heteroatoms. The van der Waals surface area contributed by atoms with Crippen molar-refractivity contribution >= 4 is 33.2 Å². The molecule has 0 radical (unpaired) electrons. The van der Waals surface area contributed by atoms with Gasteiger partial charge in [-0.3, -0.25) is 0 Å². The van der Waals surface area contributed by atoms with Gasteiger partial charge in [0.1, 0.15) is 16.3 Å². The molecule has 3 rings (SSSR count). The summed E-state index contributed by atoms with van der Waals surface area (Å²) >= 11 is 7.87. The van der Waals surface area contributed by atoms with Crippen LogP contribution in [0.4, 0.5) is 0 Å². The van der Waals surface area contributed by atoms with E-state index in [2.05, 4.69) is 9.97 Å². The fourth-order valence-corrected chi connectivity index (χ4v) is 3.58. The lowest BCUT2D eigenvalue weighted by atomic mass is 9.97. The van der Waals surface area contributed by atoms with Crippen LogP contribution in [0.2, 0.25) is 5.15 Å². The van der Waals surface area contributed by atoms with E-state index < -0.39 is 0 Å². The maximum absolute atomic E-state index is 6.09. The summed E-state index contributed by atoms with van der Waals surface area (Å²) in [5, 5.41) is 1.73. The molecule has 0 atom stereocenters. The number of halogens is 1. The standard InChI is InChI=1S/C10H9ClN2S/c11-9-8-6-3-1-2-4-7(6)14-10(8)13-5-12-9/h5H,1-4H2. The number of rotatable bonds is 0. The van der Waals surface area contributed by atoms with Crippen molar-refractivity contribution < 1.29 is 0 Å². The Morgan fingerprint density at radius 2 is 2.07 bits per heavy atom. The first-order chi connectivity index (χ1) is 6.86. The van der Waals surface area contributed by atoms with Gasteiger partial charge in [-0.25, -0.2) is 9.97 Å². The fraction of sp³-hybridized carbons (Fsp3) is 0.400. The molecular formula is C10H9ClN2S. The van der Waals surface area contributed by atoms with Gasteiger partial charge in [0, 0.05) is 4.88 Å². The van der Waals surface area contributed by atoms with E-state index in [-0.39, 0.29) is 0 Å². The fourth-order valence-electron chi connectivity index (χ4n) is 2.05. The van der Waals surface area contributed by atoms with Gasteiger partial charge in [0.05, 0.1) is 5.39 Å². The van der Waals surface area contributed by atoms with E-state index in [1.54, 1.807) is 17.7 Å². The third kappa shape index (κ3) is 1.16. The summed E-state index contributed by atoms with van der Waals surface area (Å²) in [7, 11) is 0. The van der Waals surface area contributed by atoms with Crippen LogP contribution in [-0.4, -0.2) is 9.97 Å². The molecule has 14 heavy (non-hydrogen) atoms. The van der Waals surface area contributed by atoms with Gasteiger partial charge in [-0.15, -0.1) is 11.3 Å². The average Bonchev–Trinajstić information content (AvgIpc) is 2.57. The van der Waals surface area contributed by atoms with Gasteiger partial charge in [-0.2, -0.15) is 0 Å². The van der Waals surface area contributed by atoms with Crippen LogP contribution < -0.4 is 0 Å². The van der Waals surface area contributed by atoms with Gasteiger partial charge in [-0.05, 0) is 31.2 Å². The lowest BCUT2D eigenvalue weighted by Crippen LogP contribution is -1.98. The molecule has 0 saturated heterocycles. The highest BCUT2D eigenvalue weighted by Gasteiger charge is 2.18. The molecule has 0 aliphatic heterocycles. The molecule has 0 aromatic carbocycles.